The first-order chi connectivity index (χ1) is 12.1. The molecule has 0 fully saturated rings. The van der Waals surface area contributed by atoms with Crippen LogP contribution in [0.3, 0.4) is 0 Å². The van der Waals surface area contributed by atoms with Crippen molar-refractivity contribution >= 4 is 17.3 Å². The van der Waals surface area contributed by atoms with E-state index < -0.39 is 4.92 Å². The molecule has 5 nitrogen and oxygen atoms in total. The molecule has 1 aromatic heterocycles. The average Bonchev–Trinajstić information content (AvgIpc) is 3.09. The number of furan rings is 1. The van der Waals surface area contributed by atoms with Crippen molar-refractivity contribution in [3.05, 3.63) is 87.9 Å². The van der Waals surface area contributed by atoms with E-state index in [4.69, 9.17) is 4.42 Å². The second kappa shape index (κ2) is 6.81. The summed E-state index contributed by atoms with van der Waals surface area (Å²) in [6.45, 7) is 0. The first kappa shape index (κ1) is 16.1. The Labute approximate surface area is 142 Å². The van der Waals surface area contributed by atoms with Crippen LogP contribution < -0.4 is 0 Å². The predicted molar refractivity (Wildman–Crippen MR) is 90.7 cm³/mol. The Kier molecular flexibility index (Phi) is 4.40. The summed E-state index contributed by atoms with van der Waals surface area (Å²) in [7, 11) is 0. The van der Waals surface area contributed by atoms with Crippen molar-refractivity contribution in [2.24, 2.45) is 0 Å². The first-order valence-electron chi connectivity index (χ1n) is 7.29. The lowest BCUT2D eigenvalue weighted by atomic mass is 10.1. The van der Waals surface area contributed by atoms with Crippen LogP contribution in [0, 0.1) is 27.3 Å². The van der Waals surface area contributed by atoms with Crippen molar-refractivity contribution in [1.82, 2.24) is 0 Å². The fourth-order valence-electron chi connectivity index (χ4n) is 2.31. The normalized spacial score (nSPS) is 11.1. The van der Waals surface area contributed by atoms with Gasteiger partial charge >= 0.3 is 0 Å². The van der Waals surface area contributed by atoms with Gasteiger partial charge in [0.15, 0.2) is 0 Å². The third-order valence-corrected chi connectivity index (χ3v) is 3.53. The Morgan fingerprint density at radius 2 is 1.92 bits per heavy atom. The van der Waals surface area contributed by atoms with Crippen LogP contribution in [0.1, 0.15) is 11.3 Å². The molecule has 0 atom stereocenters. The van der Waals surface area contributed by atoms with E-state index in [0.29, 0.717) is 22.6 Å². The van der Waals surface area contributed by atoms with Gasteiger partial charge in [0.05, 0.1) is 16.6 Å². The summed E-state index contributed by atoms with van der Waals surface area (Å²) < 4.78 is 18.6. The maximum absolute atomic E-state index is 13.0. The number of allylic oxidation sites excluding steroid dienone is 1. The standard InChI is InChI=1S/C19H11FN2O3/c20-16-6-4-13(5-7-16)19-9-8-18(25-19)11-15(12-21)14-2-1-3-17(10-14)22(23)24/h1-11H. The van der Waals surface area contributed by atoms with Crippen LogP contribution in [0.25, 0.3) is 23.0 Å². The number of nitro groups is 1. The number of rotatable bonds is 4. The third-order valence-electron chi connectivity index (χ3n) is 3.53. The molecule has 0 radical (unpaired) electrons. The lowest BCUT2D eigenvalue weighted by Crippen LogP contribution is -1.89. The molecule has 25 heavy (non-hydrogen) atoms. The van der Waals surface area contributed by atoms with Crippen LogP contribution in [0.2, 0.25) is 0 Å². The smallest absolute Gasteiger partial charge is 0.270 e. The molecule has 1 heterocycles. The van der Waals surface area contributed by atoms with Crippen molar-refractivity contribution in [2.75, 3.05) is 0 Å². The van der Waals surface area contributed by atoms with Gasteiger partial charge in [0, 0.05) is 17.7 Å². The number of nitriles is 1. The van der Waals surface area contributed by atoms with Crippen LogP contribution in [-0.4, -0.2) is 4.92 Å². The van der Waals surface area contributed by atoms with E-state index in [0.717, 1.165) is 0 Å². The van der Waals surface area contributed by atoms with E-state index in [1.165, 1.54) is 36.4 Å². The molecular weight excluding hydrogens is 323 g/mol. The molecule has 0 saturated carbocycles. The van der Waals surface area contributed by atoms with E-state index in [9.17, 15) is 19.8 Å². The van der Waals surface area contributed by atoms with Gasteiger partial charge in [0.2, 0.25) is 0 Å². The number of benzene rings is 2. The van der Waals surface area contributed by atoms with Gasteiger partial charge in [0.1, 0.15) is 17.3 Å². The molecule has 0 saturated heterocycles. The number of non-ortho nitro benzene ring substituents is 1. The summed E-state index contributed by atoms with van der Waals surface area (Å²) in [5, 5.41) is 20.2. The summed E-state index contributed by atoms with van der Waals surface area (Å²) in [5.74, 6) is 0.609. The molecule has 0 aliphatic rings. The quantitative estimate of drug-likeness (QED) is 0.379. The summed E-state index contributed by atoms with van der Waals surface area (Å²) in [4.78, 5) is 10.3. The van der Waals surface area contributed by atoms with Crippen LogP contribution >= 0.6 is 0 Å². The minimum absolute atomic E-state index is 0.0925. The van der Waals surface area contributed by atoms with E-state index in [1.54, 1.807) is 30.3 Å². The zero-order valence-corrected chi connectivity index (χ0v) is 12.8. The molecule has 0 spiro atoms. The Morgan fingerprint density at radius 3 is 2.60 bits per heavy atom. The van der Waals surface area contributed by atoms with Crippen LogP contribution in [-0.2, 0) is 0 Å². The van der Waals surface area contributed by atoms with E-state index in [2.05, 4.69) is 0 Å². The summed E-state index contributed by atoms with van der Waals surface area (Å²) in [6.07, 6.45) is 1.51. The number of nitrogens with zero attached hydrogens (tertiary/aromatic N) is 2. The Hall–Kier alpha value is -3.72. The van der Waals surface area contributed by atoms with Crippen LogP contribution in [0.4, 0.5) is 10.1 Å². The molecule has 0 unspecified atom stereocenters. The van der Waals surface area contributed by atoms with Crippen molar-refractivity contribution in [3.63, 3.8) is 0 Å². The highest BCUT2D eigenvalue weighted by molar-refractivity contribution is 5.89. The Balaban J connectivity index is 1.93. The SMILES string of the molecule is N#CC(=Cc1ccc(-c2ccc(F)cc2)o1)c1cccc([N+](=O)[O-])c1. The maximum Gasteiger partial charge on any atom is 0.270 e. The summed E-state index contributed by atoms with van der Waals surface area (Å²) in [5.41, 5.74) is 1.28. The van der Waals surface area contributed by atoms with Gasteiger partial charge in [-0.3, -0.25) is 10.1 Å². The van der Waals surface area contributed by atoms with E-state index in [1.807, 2.05) is 6.07 Å². The number of hydrogen-bond acceptors (Lipinski definition) is 4. The summed E-state index contributed by atoms with van der Waals surface area (Å²) >= 11 is 0. The first-order valence-corrected chi connectivity index (χ1v) is 7.29. The molecule has 0 aliphatic carbocycles. The number of halogens is 1. The van der Waals surface area contributed by atoms with Gasteiger partial charge in [-0.2, -0.15) is 5.26 Å². The third kappa shape index (κ3) is 3.62. The zero-order valence-electron chi connectivity index (χ0n) is 12.8. The van der Waals surface area contributed by atoms with Crippen molar-refractivity contribution < 1.29 is 13.7 Å². The Bertz CT molecular complexity index is 998. The van der Waals surface area contributed by atoms with E-state index in [-0.39, 0.29) is 17.1 Å². The van der Waals surface area contributed by atoms with Crippen molar-refractivity contribution in [3.8, 4) is 17.4 Å². The minimum Gasteiger partial charge on any atom is -0.457 e. The molecule has 0 N–H and O–H groups in total. The van der Waals surface area contributed by atoms with Crippen LogP contribution in [0.5, 0.6) is 0 Å². The lowest BCUT2D eigenvalue weighted by molar-refractivity contribution is -0.384. The second-order valence-corrected chi connectivity index (χ2v) is 5.19. The average molecular weight is 334 g/mol. The molecular formula is C19H11FN2O3. The monoisotopic (exact) mass is 334 g/mol. The highest BCUT2D eigenvalue weighted by Gasteiger charge is 2.10. The molecule has 122 valence electrons. The molecule has 0 bridgehead atoms. The van der Waals surface area contributed by atoms with Crippen molar-refractivity contribution in [2.45, 2.75) is 0 Å². The maximum atomic E-state index is 13.0. The molecule has 2 aromatic carbocycles. The van der Waals surface area contributed by atoms with Gasteiger partial charge in [0.25, 0.3) is 5.69 Å². The highest BCUT2D eigenvalue weighted by Crippen LogP contribution is 2.26. The van der Waals surface area contributed by atoms with Crippen molar-refractivity contribution in [1.29, 1.82) is 5.26 Å². The lowest BCUT2D eigenvalue weighted by Gasteiger charge is -1.99. The van der Waals surface area contributed by atoms with Gasteiger partial charge in [-0.05, 0) is 48.0 Å². The van der Waals surface area contributed by atoms with Gasteiger partial charge in [-0.1, -0.05) is 12.1 Å². The fraction of sp³-hybridized carbons (Fsp3) is 0. The molecule has 0 aliphatic heterocycles. The van der Waals surface area contributed by atoms with Gasteiger partial charge in [-0.25, -0.2) is 4.39 Å². The van der Waals surface area contributed by atoms with Crippen LogP contribution in [0.15, 0.2) is 65.1 Å². The molecule has 6 heteroatoms. The van der Waals surface area contributed by atoms with Gasteiger partial charge in [-0.15, -0.1) is 0 Å². The highest BCUT2D eigenvalue weighted by atomic mass is 19.1. The molecule has 3 rings (SSSR count). The number of nitro benzene ring substituents is 1. The van der Waals surface area contributed by atoms with E-state index >= 15 is 0 Å². The topological polar surface area (TPSA) is 80.1 Å². The minimum atomic E-state index is -0.516. The Morgan fingerprint density at radius 1 is 1.16 bits per heavy atom. The zero-order chi connectivity index (χ0) is 17.8. The largest absolute Gasteiger partial charge is 0.457 e. The molecule has 3 aromatic rings. The number of hydrogen-bond donors (Lipinski definition) is 0. The summed E-state index contributed by atoms with van der Waals surface area (Å²) in [6, 6.07) is 17.1. The second-order valence-electron chi connectivity index (χ2n) is 5.19. The predicted octanol–water partition coefficient (Wildman–Crippen LogP) is 5.06. The fourth-order valence-corrected chi connectivity index (χ4v) is 2.31. The van der Waals surface area contributed by atoms with Gasteiger partial charge < -0.3 is 4.42 Å². The molecule has 0 amide bonds.